The molecule has 0 aliphatic heterocycles. The Hall–Kier alpha value is -1.98. The molecule has 1 rings (SSSR count). The molecule has 104 valence electrons. The predicted molar refractivity (Wildman–Crippen MR) is 65.1 cm³/mol. The largest absolute Gasteiger partial charge is 0.487 e. The number of benzene rings is 1. The van der Waals surface area contributed by atoms with Crippen molar-refractivity contribution in [1.82, 2.24) is 5.32 Å². The molecule has 0 saturated heterocycles. The molecule has 0 heterocycles. The molecular weight excluding hydrogens is 256 g/mol. The average molecular weight is 271 g/mol. The van der Waals surface area contributed by atoms with Gasteiger partial charge in [0.05, 0.1) is 13.0 Å². The Morgan fingerprint density at radius 2 is 1.95 bits per heavy atom. The third-order valence-electron chi connectivity index (χ3n) is 2.18. The Kier molecular flexibility index (Phi) is 5.41. The van der Waals surface area contributed by atoms with Crippen molar-refractivity contribution in [2.45, 2.75) is 26.3 Å². The van der Waals surface area contributed by atoms with E-state index < -0.39 is 17.4 Å². The summed E-state index contributed by atoms with van der Waals surface area (Å²) in [5, 5.41) is 2.62. The molecule has 1 aromatic carbocycles. The van der Waals surface area contributed by atoms with E-state index in [2.05, 4.69) is 5.32 Å². The number of aldehydes is 1. The van der Waals surface area contributed by atoms with Crippen molar-refractivity contribution in [3.8, 4) is 5.75 Å². The number of carbonyl (C=O) groups excluding carboxylic acids is 2. The van der Waals surface area contributed by atoms with Gasteiger partial charge in [-0.1, -0.05) is 0 Å². The fourth-order valence-electron chi connectivity index (χ4n) is 1.43. The van der Waals surface area contributed by atoms with Crippen LogP contribution in [0.4, 0.5) is 8.78 Å². The van der Waals surface area contributed by atoms with Crippen molar-refractivity contribution < 1.29 is 23.1 Å². The van der Waals surface area contributed by atoms with E-state index in [1.165, 1.54) is 0 Å². The van der Waals surface area contributed by atoms with Gasteiger partial charge < -0.3 is 10.1 Å². The van der Waals surface area contributed by atoms with E-state index >= 15 is 0 Å². The van der Waals surface area contributed by atoms with Gasteiger partial charge in [-0.05, 0) is 26.0 Å². The summed E-state index contributed by atoms with van der Waals surface area (Å²) in [6.07, 6.45) is 0.332. The molecule has 1 amide bonds. The maximum atomic E-state index is 13.4. The van der Waals surface area contributed by atoms with Crippen molar-refractivity contribution >= 4 is 12.2 Å². The number of ether oxygens (including phenoxy) is 1. The summed E-state index contributed by atoms with van der Waals surface area (Å²) in [5.74, 6) is -2.78. The fraction of sp³-hybridized carbons (Fsp3) is 0.385. The highest BCUT2D eigenvalue weighted by molar-refractivity contribution is 5.76. The lowest BCUT2D eigenvalue weighted by atomic mass is 10.2. The molecule has 0 unspecified atom stereocenters. The molecule has 1 N–H and O–H groups in total. The molecule has 0 aromatic heterocycles. The van der Waals surface area contributed by atoms with E-state index in [0.717, 1.165) is 12.1 Å². The average Bonchev–Trinajstić information content (AvgIpc) is 2.31. The highest BCUT2D eigenvalue weighted by Gasteiger charge is 2.13. The molecule has 0 aliphatic rings. The molecule has 0 fully saturated rings. The predicted octanol–water partition coefficient (Wildman–Crippen LogP) is 2.07. The highest BCUT2D eigenvalue weighted by Crippen LogP contribution is 2.22. The number of carbonyl (C=O) groups is 2. The summed E-state index contributed by atoms with van der Waals surface area (Å²) < 4.78 is 31.7. The Morgan fingerprint density at radius 3 is 2.42 bits per heavy atom. The third kappa shape index (κ3) is 4.65. The molecule has 0 bridgehead atoms. The van der Waals surface area contributed by atoms with E-state index in [4.69, 9.17) is 4.74 Å². The lowest BCUT2D eigenvalue weighted by Crippen LogP contribution is -2.31. The zero-order valence-electron chi connectivity index (χ0n) is 10.7. The second kappa shape index (κ2) is 6.82. The first-order valence-corrected chi connectivity index (χ1v) is 5.80. The molecule has 4 nitrogen and oxygen atoms in total. The molecule has 1 aromatic rings. The van der Waals surface area contributed by atoms with Crippen LogP contribution in [-0.4, -0.2) is 24.8 Å². The Labute approximate surface area is 109 Å². The first-order chi connectivity index (χ1) is 8.93. The first-order valence-electron chi connectivity index (χ1n) is 5.80. The maximum absolute atomic E-state index is 13.4. The van der Waals surface area contributed by atoms with Gasteiger partial charge in [-0.15, -0.1) is 0 Å². The molecule has 0 aliphatic carbocycles. The number of rotatable bonds is 6. The van der Waals surface area contributed by atoms with Gasteiger partial charge >= 0.3 is 0 Å². The van der Waals surface area contributed by atoms with Crippen LogP contribution in [0.2, 0.25) is 0 Å². The van der Waals surface area contributed by atoms with Crippen molar-refractivity contribution in [1.29, 1.82) is 0 Å². The quantitative estimate of drug-likeness (QED) is 0.806. The van der Waals surface area contributed by atoms with E-state index in [1.807, 2.05) is 0 Å². The highest BCUT2D eigenvalue weighted by atomic mass is 19.1. The van der Waals surface area contributed by atoms with Crippen LogP contribution < -0.4 is 10.1 Å². The normalized spacial score (nSPS) is 10.4. The summed E-state index contributed by atoms with van der Waals surface area (Å²) in [5.41, 5.74) is -0.111. The number of hydrogen-bond donors (Lipinski definition) is 1. The van der Waals surface area contributed by atoms with Crippen LogP contribution in [0.3, 0.4) is 0 Å². The molecule has 0 radical (unpaired) electrons. The van der Waals surface area contributed by atoms with Gasteiger partial charge in [0.15, 0.2) is 17.4 Å². The third-order valence-corrected chi connectivity index (χ3v) is 2.18. The van der Waals surface area contributed by atoms with Gasteiger partial charge in [0.1, 0.15) is 6.29 Å². The molecule has 0 saturated carbocycles. The second-order valence-electron chi connectivity index (χ2n) is 4.25. The van der Waals surface area contributed by atoms with Crippen molar-refractivity contribution in [2.24, 2.45) is 0 Å². The van der Waals surface area contributed by atoms with Crippen LogP contribution in [0.5, 0.6) is 5.75 Å². The van der Waals surface area contributed by atoms with E-state index in [-0.39, 0.29) is 30.5 Å². The lowest BCUT2D eigenvalue weighted by molar-refractivity contribution is -0.122. The van der Waals surface area contributed by atoms with Crippen LogP contribution in [0.25, 0.3) is 0 Å². The molecule has 6 heteroatoms. The number of halogens is 2. The van der Waals surface area contributed by atoms with Crippen LogP contribution in [0.1, 0.15) is 30.6 Å². The summed E-state index contributed by atoms with van der Waals surface area (Å²) >= 11 is 0. The van der Waals surface area contributed by atoms with E-state index in [1.54, 1.807) is 13.8 Å². The van der Waals surface area contributed by atoms with Crippen molar-refractivity contribution in [2.75, 3.05) is 6.61 Å². The number of amides is 1. The minimum Gasteiger partial charge on any atom is -0.487 e. The smallest absolute Gasteiger partial charge is 0.223 e. The van der Waals surface area contributed by atoms with Gasteiger partial charge in [-0.3, -0.25) is 9.59 Å². The Morgan fingerprint density at radius 1 is 1.37 bits per heavy atom. The van der Waals surface area contributed by atoms with Crippen LogP contribution in [0, 0.1) is 11.6 Å². The number of hydrogen-bond acceptors (Lipinski definition) is 3. The van der Waals surface area contributed by atoms with Crippen LogP contribution >= 0.6 is 0 Å². The summed E-state index contributed by atoms with van der Waals surface area (Å²) in [4.78, 5) is 21.7. The van der Waals surface area contributed by atoms with Gasteiger partial charge in [0, 0.05) is 11.6 Å². The minimum atomic E-state index is -0.966. The summed E-state index contributed by atoms with van der Waals surface area (Å²) in [6, 6.07) is 1.74. The van der Waals surface area contributed by atoms with E-state index in [0.29, 0.717) is 6.29 Å². The Balaban J connectivity index is 2.59. The Bertz CT molecular complexity index is 452. The molecule has 0 atom stereocenters. The SMILES string of the molecule is CC(C)NC(=O)CCOc1c(F)cc(C=O)cc1F. The van der Waals surface area contributed by atoms with Crippen LogP contribution in [-0.2, 0) is 4.79 Å². The monoisotopic (exact) mass is 271 g/mol. The van der Waals surface area contributed by atoms with Gasteiger partial charge in [-0.2, -0.15) is 0 Å². The van der Waals surface area contributed by atoms with Gasteiger partial charge in [-0.25, -0.2) is 8.78 Å². The van der Waals surface area contributed by atoms with Crippen molar-refractivity contribution in [3.05, 3.63) is 29.3 Å². The van der Waals surface area contributed by atoms with Gasteiger partial charge in [0.2, 0.25) is 5.91 Å². The second-order valence-corrected chi connectivity index (χ2v) is 4.25. The summed E-state index contributed by atoms with van der Waals surface area (Å²) in [7, 11) is 0. The minimum absolute atomic E-state index is 0.00662. The molecule has 0 spiro atoms. The molecule has 19 heavy (non-hydrogen) atoms. The number of nitrogens with one attached hydrogen (secondary N) is 1. The van der Waals surface area contributed by atoms with E-state index in [9.17, 15) is 18.4 Å². The lowest BCUT2D eigenvalue weighted by Gasteiger charge is -2.10. The standard InChI is InChI=1S/C13H15F2NO3/c1-8(2)16-12(18)3-4-19-13-10(14)5-9(7-17)6-11(13)15/h5-8H,3-4H2,1-2H3,(H,16,18). The summed E-state index contributed by atoms with van der Waals surface area (Å²) in [6.45, 7) is 3.46. The van der Waals surface area contributed by atoms with Gasteiger partial charge in [0.25, 0.3) is 0 Å². The zero-order chi connectivity index (χ0) is 14.4. The molecular formula is C13H15F2NO3. The maximum Gasteiger partial charge on any atom is 0.223 e. The zero-order valence-corrected chi connectivity index (χ0v) is 10.7. The van der Waals surface area contributed by atoms with Crippen LogP contribution in [0.15, 0.2) is 12.1 Å². The first kappa shape index (κ1) is 15.1. The topological polar surface area (TPSA) is 55.4 Å². The fourth-order valence-corrected chi connectivity index (χ4v) is 1.43. The van der Waals surface area contributed by atoms with Crippen molar-refractivity contribution in [3.63, 3.8) is 0 Å².